The topological polar surface area (TPSA) is 106 Å². The maximum absolute atomic E-state index is 12.8. The minimum atomic E-state index is -0.723. The Morgan fingerprint density at radius 1 is 1.11 bits per heavy atom. The normalized spacial score (nSPS) is 12.6. The van der Waals surface area contributed by atoms with E-state index in [1.54, 1.807) is 24.3 Å². The lowest BCUT2D eigenvalue weighted by atomic mass is 10.2. The van der Waals surface area contributed by atoms with Crippen molar-refractivity contribution in [1.82, 2.24) is 4.65 Å². The maximum Gasteiger partial charge on any atom is 0.336 e. The van der Waals surface area contributed by atoms with Gasteiger partial charge < -0.3 is 19.0 Å². The van der Waals surface area contributed by atoms with Gasteiger partial charge in [-0.05, 0) is 30.2 Å². The molecule has 0 spiro atoms. The number of hydrogen-bond donors (Lipinski definition) is 0. The molecule has 0 aliphatic carbocycles. The van der Waals surface area contributed by atoms with Crippen LogP contribution in [0.1, 0.15) is 0 Å². The summed E-state index contributed by atoms with van der Waals surface area (Å²) in [6.45, 7) is 0.0621. The number of rotatable bonds is 5. The monoisotopic (exact) mass is 380 g/mol. The molecule has 28 heavy (non-hydrogen) atoms. The van der Waals surface area contributed by atoms with Gasteiger partial charge in [0.15, 0.2) is 0 Å². The van der Waals surface area contributed by atoms with Crippen molar-refractivity contribution in [3.8, 4) is 17.6 Å². The Morgan fingerprint density at radius 2 is 1.86 bits per heavy atom. The third-order valence-electron chi connectivity index (χ3n) is 4.01. The zero-order valence-electron chi connectivity index (χ0n) is 15.0. The van der Waals surface area contributed by atoms with Crippen LogP contribution in [0, 0.1) is 27.2 Å². The van der Waals surface area contributed by atoms with E-state index in [1.807, 2.05) is 0 Å². The smallest absolute Gasteiger partial charge is 0.336 e. The molecule has 1 aromatic heterocycles. The molecule has 8 heteroatoms. The fraction of sp³-hybridized carbons (Fsp3) is 0.150. The predicted octanol–water partition coefficient (Wildman–Crippen LogP) is 3.22. The number of nitro groups is 1. The number of quaternary nitrogens is 1. The highest BCUT2D eigenvalue weighted by molar-refractivity contribution is 5.80. The molecule has 0 saturated carbocycles. The van der Waals surface area contributed by atoms with Gasteiger partial charge in [-0.2, -0.15) is 0 Å². The number of hydrogen-bond acceptors (Lipinski definition) is 6. The molecule has 3 aromatic rings. The standard InChI is InChI=1S/C20H16N2O6/c1-22(26,17-7-10-19-15(14-17)4-11-20(23)28-19)12-2-3-13-27-18-8-5-16(6-9-18)21(24)25/h4-11,14H,12-13H2,1H3. The van der Waals surface area contributed by atoms with Crippen molar-refractivity contribution < 1.29 is 14.1 Å². The second-order valence-electron chi connectivity index (χ2n) is 6.13. The van der Waals surface area contributed by atoms with Gasteiger partial charge in [-0.3, -0.25) is 10.1 Å². The van der Waals surface area contributed by atoms with Crippen molar-refractivity contribution >= 4 is 22.3 Å². The van der Waals surface area contributed by atoms with Crippen molar-refractivity contribution in [3.05, 3.63) is 80.3 Å². The van der Waals surface area contributed by atoms with Crippen molar-refractivity contribution in [3.63, 3.8) is 0 Å². The lowest BCUT2D eigenvalue weighted by molar-refractivity contribution is -0.384. The first-order valence-electron chi connectivity index (χ1n) is 8.29. The van der Waals surface area contributed by atoms with Crippen LogP contribution in [0.25, 0.3) is 11.0 Å². The van der Waals surface area contributed by atoms with E-state index in [0.717, 1.165) is 0 Å². The van der Waals surface area contributed by atoms with Gasteiger partial charge in [-0.25, -0.2) is 4.79 Å². The fourth-order valence-corrected chi connectivity index (χ4v) is 2.49. The molecule has 1 heterocycles. The molecule has 1 atom stereocenters. The van der Waals surface area contributed by atoms with Gasteiger partial charge in [0.1, 0.15) is 30.2 Å². The Hall–Kier alpha value is -3.67. The van der Waals surface area contributed by atoms with Crippen LogP contribution in [0.15, 0.2) is 63.8 Å². The van der Waals surface area contributed by atoms with Crippen LogP contribution >= 0.6 is 0 Å². The summed E-state index contributed by atoms with van der Waals surface area (Å²) in [7, 11) is 1.48. The van der Waals surface area contributed by atoms with Gasteiger partial charge in [0, 0.05) is 35.7 Å². The number of non-ortho nitro benzene ring substituents is 1. The number of benzene rings is 2. The highest BCUT2D eigenvalue weighted by atomic mass is 16.6. The van der Waals surface area contributed by atoms with E-state index >= 15 is 0 Å². The molecule has 1 unspecified atom stereocenters. The van der Waals surface area contributed by atoms with E-state index in [9.17, 15) is 20.1 Å². The van der Waals surface area contributed by atoms with E-state index in [2.05, 4.69) is 11.8 Å². The molecule has 0 radical (unpaired) electrons. The van der Waals surface area contributed by atoms with Gasteiger partial charge in [-0.1, -0.05) is 5.92 Å². The second kappa shape index (κ2) is 7.92. The predicted molar refractivity (Wildman–Crippen MR) is 105 cm³/mol. The summed E-state index contributed by atoms with van der Waals surface area (Å²) in [6.07, 6.45) is 0. The van der Waals surface area contributed by atoms with Gasteiger partial charge in [-0.15, -0.1) is 0 Å². The van der Waals surface area contributed by atoms with Crippen molar-refractivity contribution in [1.29, 1.82) is 0 Å². The third kappa shape index (κ3) is 4.54. The second-order valence-corrected chi connectivity index (χ2v) is 6.13. The molecular formula is C20H16N2O6. The lowest BCUT2D eigenvalue weighted by Gasteiger charge is -2.36. The Morgan fingerprint density at radius 3 is 2.57 bits per heavy atom. The van der Waals surface area contributed by atoms with Gasteiger partial charge in [0.05, 0.1) is 12.0 Å². The van der Waals surface area contributed by atoms with Crippen LogP contribution in [0.5, 0.6) is 5.75 Å². The summed E-state index contributed by atoms with van der Waals surface area (Å²) >= 11 is 0. The Bertz CT molecular complexity index is 1120. The van der Waals surface area contributed by atoms with E-state index in [-0.39, 0.29) is 18.8 Å². The summed E-state index contributed by atoms with van der Waals surface area (Å²) in [4.78, 5) is 21.3. The minimum Gasteiger partial charge on any atom is -0.627 e. The zero-order valence-corrected chi connectivity index (χ0v) is 15.0. The number of ether oxygens (including phenoxy) is 1. The molecule has 0 saturated heterocycles. The molecule has 0 aliphatic rings. The average molecular weight is 380 g/mol. The molecule has 142 valence electrons. The third-order valence-corrected chi connectivity index (χ3v) is 4.01. The number of fused-ring (bicyclic) bond motifs is 1. The molecule has 0 aliphatic heterocycles. The molecule has 0 bridgehead atoms. The highest BCUT2D eigenvalue weighted by Gasteiger charge is 2.14. The molecule has 0 fully saturated rings. The first-order chi connectivity index (χ1) is 13.3. The summed E-state index contributed by atoms with van der Waals surface area (Å²) in [5.74, 6) is 6.00. The Balaban J connectivity index is 1.61. The Kier molecular flexibility index (Phi) is 5.40. The van der Waals surface area contributed by atoms with Gasteiger partial charge >= 0.3 is 5.63 Å². The van der Waals surface area contributed by atoms with Crippen molar-refractivity contribution in [2.45, 2.75) is 0 Å². The van der Waals surface area contributed by atoms with Gasteiger partial charge in [0.25, 0.3) is 5.69 Å². The van der Waals surface area contributed by atoms with E-state index < -0.39 is 15.2 Å². The zero-order chi connectivity index (χ0) is 20.1. The first kappa shape index (κ1) is 19.1. The average Bonchev–Trinajstić information content (AvgIpc) is 2.67. The number of nitrogens with zero attached hydrogens (tertiary/aromatic N) is 2. The van der Waals surface area contributed by atoms with Crippen LogP contribution in [0.3, 0.4) is 0 Å². The lowest BCUT2D eigenvalue weighted by Crippen LogP contribution is -2.38. The van der Waals surface area contributed by atoms with Crippen LogP contribution in [-0.2, 0) is 0 Å². The van der Waals surface area contributed by atoms with E-state index in [0.29, 0.717) is 22.4 Å². The maximum atomic E-state index is 12.8. The molecule has 0 N–H and O–H groups in total. The minimum absolute atomic E-state index is 0.00586. The summed E-state index contributed by atoms with van der Waals surface area (Å²) < 4.78 is 9.72. The largest absolute Gasteiger partial charge is 0.627 e. The Labute approximate surface area is 159 Å². The van der Waals surface area contributed by atoms with E-state index in [4.69, 9.17) is 9.15 Å². The molecular weight excluding hydrogens is 364 g/mol. The summed E-state index contributed by atoms with van der Waals surface area (Å²) in [5.41, 5.74) is 0.428. The summed E-state index contributed by atoms with van der Waals surface area (Å²) in [6, 6.07) is 13.4. The SMILES string of the molecule is C[N+]([O-])(CC#CCOc1ccc([N+](=O)[O-])cc1)c1ccc2oc(=O)ccc2c1. The number of hydroxylamine groups is 2. The highest BCUT2D eigenvalue weighted by Crippen LogP contribution is 2.24. The van der Waals surface area contributed by atoms with E-state index in [1.165, 1.54) is 37.4 Å². The van der Waals surface area contributed by atoms with Gasteiger partial charge in [0.2, 0.25) is 0 Å². The first-order valence-corrected chi connectivity index (χ1v) is 8.29. The summed E-state index contributed by atoms with van der Waals surface area (Å²) in [5, 5.41) is 24.0. The van der Waals surface area contributed by atoms with Crippen molar-refractivity contribution in [2.75, 3.05) is 20.2 Å². The molecule has 2 aromatic carbocycles. The molecule has 3 rings (SSSR count). The quantitative estimate of drug-likeness (QED) is 0.221. The fourth-order valence-electron chi connectivity index (χ4n) is 2.49. The van der Waals surface area contributed by atoms with Crippen molar-refractivity contribution in [2.24, 2.45) is 0 Å². The van der Waals surface area contributed by atoms with Crippen LogP contribution < -0.4 is 15.0 Å². The van der Waals surface area contributed by atoms with Crippen LogP contribution in [-0.4, -0.2) is 25.1 Å². The van der Waals surface area contributed by atoms with Crippen LogP contribution in [0.4, 0.5) is 11.4 Å². The van der Waals surface area contributed by atoms with Crippen LogP contribution in [0.2, 0.25) is 0 Å². The molecule has 8 nitrogen and oxygen atoms in total. The molecule has 0 amide bonds. The number of nitro benzene ring substituents is 1.